The smallest absolute Gasteiger partial charge is 0.161 e. The molecule has 2 rings (SSSR count). The molecule has 0 fully saturated rings. The van der Waals surface area contributed by atoms with Gasteiger partial charge in [-0.25, -0.2) is 15.8 Å². The number of hydrogen-bond acceptors (Lipinski definition) is 5. The molecule has 0 saturated carbocycles. The van der Waals surface area contributed by atoms with Gasteiger partial charge < -0.3 is 10.2 Å². The van der Waals surface area contributed by atoms with E-state index >= 15 is 0 Å². The summed E-state index contributed by atoms with van der Waals surface area (Å²) >= 11 is 0. The lowest BCUT2D eigenvalue weighted by Crippen LogP contribution is -2.10. The van der Waals surface area contributed by atoms with Crippen LogP contribution in [0, 0.1) is 0 Å². The molecule has 0 aliphatic heterocycles. The van der Waals surface area contributed by atoms with Crippen LogP contribution in [-0.4, -0.2) is 17.1 Å². The van der Waals surface area contributed by atoms with E-state index < -0.39 is 0 Å². The van der Waals surface area contributed by atoms with Crippen LogP contribution in [0.1, 0.15) is 5.69 Å². The zero-order chi connectivity index (χ0) is 12.1. The van der Waals surface area contributed by atoms with E-state index in [2.05, 4.69) is 15.4 Å². The summed E-state index contributed by atoms with van der Waals surface area (Å²) in [6.07, 6.45) is 0. The third-order valence-corrected chi connectivity index (χ3v) is 2.25. The molecule has 0 amide bonds. The Morgan fingerprint density at radius 3 is 2.65 bits per heavy atom. The van der Waals surface area contributed by atoms with Crippen molar-refractivity contribution in [2.75, 3.05) is 12.5 Å². The fraction of sp³-hybridized carbons (Fsp3) is 0.167. The molecule has 1 aromatic carbocycles. The second kappa shape index (κ2) is 5.38. The first kappa shape index (κ1) is 11.5. The molecule has 0 aliphatic rings. The van der Waals surface area contributed by atoms with E-state index in [0.29, 0.717) is 18.2 Å². The van der Waals surface area contributed by atoms with Crippen molar-refractivity contribution >= 4 is 5.82 Å². The van der Waals surface area contributed by atoms with Crippen molar-refractivity contribution in [1.82, 2.24) is 9.97 Å². The Morgan fingerprint density at radius 1 is 1.24 bits per heavy atom. The molecular formula is C12H14N4O. The number of hydrazine groups is 1. The van der Waals surface area contributed by atoms with Crippen molar-refractivity contribution in [2.24, 2.45) is 5.84 Å². The van der Waals surface area contributed by atoms with Crippen molar-refractivity contribution < 1.29 is 4.74 Å². The minimum atomic E-state index is 0.428. The number of ether oxygens (including phenoxy) is 1. The summed E-state index contributed by atoms with van der Waals surface area (Å²) in [5.41, 5.74) is 4.26. The Bertz CT molecular complexity index is 487. The molecule has 88 valence electrons. The van der Waals surface area contributed by atoms with Gasteiger partial charge in [-0.1, -0.05) is 30.3 Å². The van der Waals surface area contributed by atoms with Crippen LogP contribution < -0.4 is 11.3 Å². The summed E-state index contributed by atoms with van der Waals surface area (Å²) in [5.74, 6) is 6.59. The van der Waals surface area contributed by atoms with E-state index in [-0.39, 0.29) is 0 Å². The number of nitrogens with one attached hydrogen (secondary N) is 1. The number of nitrogens with two attached hydrogens (primary N) is 1. The molecular weight excluding hydrogens is 216 g/mol. The third-order valence-electron chi connectivity index (χ3n) is 2.25. The van der Waals surface area contributed by atoms with Gasteiger partial charge in [-0.05, 0) is 0 Å². The molecule has 0 aliphatic carbocycles. The molecule has 0 saturated heterocycles. The lowest BCUT2D eigenvalue weighted by Gasteiger charge is -2.07. The van der Waals surface area contributed by atoms with E-state index in [1.165, 1.54) is 0 Å². The molecule has 0 spiro atoms. The summed E-state index contributed by atoms with van der Waals surface area (Å²) < 4.78 is 5.06. The highest BCUT2D eigenvalue weighted by Gasteiger charge is 2.05. The maximum atomic E-state index is 5.38. The first-order chi connectivity index (χ1) is 8.33. The summed E-state index contributed by atoms with van der Waals surface area (Å²) in [4.78, 5) is 8.71. The molecule has 17 heavy (non-hydrogen) atoms. The zero-order valence-corrected chi connectivity index (χ0v) is 9.55. The summed E-state index contributed by atoms with van der Waals surface area (Å²) in [6, 6.07) is 11.5. The molecule has 3 N–H and O–H groups in total. The third kappa shape index (κ3) is 2.77. The van der Waals surface area contributed by atoms with Crippen LogP contribution in [-0.2, 0) is 11.3 Å². The maximum Gasteiger partial charge on any atom is 0.161 e. The quantitative estimate of drug-likeness (QED) is 0.616. The van der Waals surface area contributed by atoms with E-state index in [4.69, 9.17) is 10.6 Å². The highest BCUT2D eigenvalue weighted by atomic mass is 16.5. The molecule has 1 aromatic heterocycles. The van der Waals surface area contributed by atoms with Crippen molar-refractivity contribution in [2.45, 2.75) is 6.61 Å². The minimum absolute atomic E-state index is 0.428. The number of rotatable bonds is 4. The molecule has 0 radical (unpaired) electrons. The number of anilines is 1. The zero-order valence-electron chi connectivity index (χ0n) is 9.55. The van der Waals surface area contributed by atoms with Gasteiger partial charge in [-0.2, -0.15) is 0 Å². The van der Waals surface area contributed by atoms with Crippen molar-refractivity contribution in [3.8, 4) is 11.4 Å². The Labute approximate surface area is 99.6 Å². The van der Waals surface area contributed by atoms with Gasteiger partial charge in [-0.3, -0.25) is 0 Å². The molecule has 0 bridgehead atoms. The summed E-state index contributed by atoms with van der Waals surface area (Å²) in [7, 11) is 1.62. The number of methoxy groups -OCH3 is 1. The standard InChI is InChI=1S/C12H14N4O/c1-17-8-10-7-11(16-13)15-12(14-10)9-5-3-2-4-6-9/h2-7H,8,13H2,1H3,(H,14,15,16). The van der Waals surface area contributed by atoms with Crippen LogP contribution >= 0.6 is 0 Å². The second-order valence-electron chi connectivity index (χ2n) is 3.51. The molecule has 0 atom stereocenters. The molecule has 5 nitrogen and oxygen atoms in total. The average Bonchev–Trinajstić information content (AvgIpc) is 2.40. The predicted molar refractivity (Wildman–Crippen MR) is 66.0 cm³/mol. The largest absolute Gasteiger partial charge is 0.378 e. The Kier molecular flexibility index (Phi) is 3.64. The highest BCUT2D eigenvalue weighted by Crippen LogP contribution is 2.17. The SMILES string of the molecule is COCc1cc(NN)nc(-c2ccccc2)n1. The minimum Gasteiger partial charge on any atom is -0.378 e. The number of nitrogen functional groups attached to an aromatic ring is 1. The van der Waals surface area contributed by atoms with Crippen LogP contribution in [0.5, 0.6) is 0 Å². The van der Waals surface area contributed by atoms with Crippen LogP contribution in [0.15, 0.2) is 36.4 Å². The van der Waals surface area contributed by atoms with Crippen LogP contribution in [0.4, 0.5) is 5.82 Å². The summed E-state index contributed by atoms with van der Waals surface area (Å²) in [6.45, 7) is 0.428. The number of hydrogen-bond donors (Lipinski definition) is 2. The van der Waals surface area contributed by atoms with E-state index in [9.17, 15) is 0 Å². The average molecular weight is 230 g/mol. The predicted octanol–water partition coefficient (Wildman–Crippen LogP) is 1.58. The molecule has 0 unspecified atom stereocenters. The summed E-state index contributed by atoms with van der Waals surface area (Å²) in [5, 5.41) is 0. The maximum absolute atomic E-state index is 5.38. The molecule has 2 aromatic rings. The Balaban J connectivity index is 2.43. The fourth-order valence-electron chi connectivity index (χ4n) is 1.51. The van der Waals surface area contributed by atoms with Crippen LogP contribution in [0.2, 0.25) is 0 Å². The van der Waals surface area contributed by atoms with Gasteiger partial charge in [0.1, 0.15) is 5.82 Å². The van der Waals surface area contributed by atoms with Gasteiger partial charge >= 0.3 is 0 Å². The van der Waals surface area contributed by atoms with Gasteiger partial charge in [-0.15, -0.1) is 0 Å². The van der Waals surface area contributed by atoms with E-state index in [1.54, 1.807) is 13.2 Å². The highest BCUT2D eigenvalue weighted by molar-refractivity contribution is 5.57. The monoisotopic (exact) mass is 230 g/mol. The van der Waals surface area contributed by atoms with Gasteiger partial charge in [0.2, 0.25) is 0 Å². The first-order valence-corrected chi connectivity index (χ1v) is 5.22. The van der Waals surface area contributed by atoms with Gasteiger partial charge in [0.25, 0.3) is 0 Å². The fourth-order valence-corrected chi connectivity index (χ4v) is 1.51. The Morgan fingerprint density at radius 2 is 2.00 bits per heavy atom. The second-order valence-corrected chi connectivity index (χ2v) is 3.51. The topological polar surface area (TPSA) is 73.1 Å². The molecule has 1 heterocycles. The van der Waals surface area contributed by atoms with E-state index in [1.807, 2.05) is 30.3 Å². The number of nitrogens with zero attached hydrogens (tertiary/aromatic N) is 2. The van der Waals surface area contributed by atoms with Crippen molar-refractivity contribution in [3.05, 3.63) is 42.1 Å². The number of benzene rings is 1. The van der Waals surface area contributed by atoms with Gasteiger partial charge in [0.15, 0.2) is 5.82 Å². The lowest BCUT2D eigenvalue weighted by molar-refractivity contribution is 0.181. The Hall–Kier alpha value is -1.98. The lowest BCUT2D eigenvalue weighted by atomic mass is 10.2. The van der Waals surface area contributed by atoms with Crippen LogP contribution in [0.3, 0.4) is 0 Å². The van der Waals surface area contributed by atoms with Crippen molar-refractivity contribution in [3.63, 3.8) is 0 Å². The normalized spacial score (nSPS) is 10.2. The molecule has 5 heteroatoms. The number of aromatic nitrogens is 2. The van der Waals surface area contributed by atoms with Gasteiger partial charge in [0.05, 0.1) is 12.3 Å². The first-order valence-electron chi connectivity index (χ1n) is 5.22. The van der Waals surface area contributed by atoms with Crippen LogP contribution in [0.25, 0.3) is 11.4 Å². The van der Waals surface area contributed by atoms with Crippen molar-refractivity contribution in [1.29, 1.82) is 0 Å². The van der Waals surface area contributed by atoms with Gasteiger partial charge in [0, 0.05) is 18.7 Å². The van der Waals surface area contributed by atoms with E-state index in [0.717, 1.165) is 11.3 Å².